The molecule has 0 radical (unpaired) electrons. The molecule has 0 aromatic rings. The van der Waals surface area contributed by atoms with Crippen LogP contribution in [0.5, 0.6) is 0 Å². The lowest BCUT2D eigenvalue weighted by Gasteiger charge is -2.23. The maximum atomic E-state index is 10.8. The van der Waals surface area contributed by atoms with E-state index in [2.05, 4.69) is 6.58 Å². The van der Waals surface area contributed by atoms with Gasteiger partial charge < -0.3 is 0 Å². The highest BCUT2D eigenvalue weighted by atomic mass is 16.6. The van der Waals surface area contributed by atoms with Gasteiger partial charge in [0.25, 0.3) is 0 Å². The molecule has 0 heterocycles. The highest BCUT2D eigenvalue weighted by molar-refractivity contribution is 4.92. The van der Waals surface area contributed by atoms with Crippen molar-refractivity contribution in [1.82, 2.24) is 0 Å². The molecule has 0 spiro atoms. The fraction of sp³-hybridized carbons (Fsp3) is 0.818. The smallest absolute Gasteiger partial charge is 0.222 e. The fourth-order valence-corrected chi connectivity index (χ4v) is 1.72. The second kappa shape index (κ2) is 4.11. The van der Waals surface area contributed by atoms with Crippen molar-refractivity contribution in [2.75, 3.05) is 0 Å². The van der Waals surface area contributed by atoms with Crippen LogP contribution in [0, 0.1) is 22.0 Å². The molecule has 1 atom stereocenters. The lowest BCUT2D eigenvalue weighted by Crippen LogP contribution is -2.38. The van der Waals surface area contributed by atoms with E-state index in [0.29, 0.717) is 0 Å². The molecule has 0 aliphatic heterocycles. The van der Waals surface area contributed by atoms with Crippen LogP contribution in [-0.2, 0) is 0 Å². The van der Waals surface area contributed by atoms with E-state index < -0.39 is 5.54 Å². The standard InChI is InChI=1S/C11H19NO2/c1-4-10(8-7-9-5-6-9)11(2,3)12(13)14/h4,9-10H,1,5-8H2,2-3H3/t10-/m1/s1. The summed E-state index contributed by atoms with van der Waals surface area (Å²) in [6.07, 6.45) is 6.38. The van der Waals surface area contributed by atoms with E-state index >= 15 is 0 Å². The third-order valence-electron chi connectivity index (χ3n) is 3.25. The zero-order valence-electron chi connectivity index (χ0n) is 9.03. The SMILES string of the molecule is C=C[C@H](CCC1CC1)C(C)(C)[N+](=O)[O-]. The lowest BCUT2D eigenvalue weighted by atomic mass is 9.84. The van der Waals surface area contributed by atoms with Crippen LogP contribution in [0.25, 0.3) is 0 Å². The predicted octanol–water partition coefficient (Wildman–Crippen LogP) is 3.03. The molecular weight excluding hydrogens is 178 g/mol. The van der Waals surface area contributed by atoms with Crippen LogP contribution >= 0.6 is 0 Å². The quantitative estimate of drug-likeness (QED) is 0.373. The van der Waals surface area contributed by atoms with Gasteiger partial charge in [-0.2, -0.15) is 0 Å². The van der Waals surface area contributed by atoms with Crippen LogP contribution < -0.4 is 0 Å². The van der Waals surface area contributed by atoms with Gasteiger partial charge in [0.1, 0.15) is 0 Å². The summed E-state index contributed by atoms with van der Waals surface area (Å²) >= 11 is 0. The summed E-state index contributed by atoms with van der Waals surface area (Å²) in [6.45, 7) is 7.08. The predicted molar refractivity (Wildman–Crippen MR) is 56.7 cm³/mol. The molecule has 0 amide bonds. The van der Waals surface area contributed by atoms with E-state index in [-0.39, 0.29) is 10.8 Å². The summed E-state index contributed by atoms with van der Waals surface area (Å²) < 4.78 is 0. The molecule has 0 aromatic heterocycles. The van der Waals surface area contributed by atoms with Gasteiger partial charge in [-0.15, -0.1) is 6.58 Å². The summed E-state index contributed by atoms with van der Waals surface area (Å²) in [5.41, 5.74) is -0.864. The molecule has 0 unspecified atom stereocenters. The summed E-state index contributed by atoms with van der Waals surface area (Å²) in [7, 11) is 0. The molecule has 80 valence electrons. The van der Waals surface area contributed by atoms with E-state index in [4.69, 9.17) is 0 Å². The van der Waals surface area contributed by atoms with Crippen LogP contribution in [0.15, 0.2) is 12.7 Å². The van der Waals surface area contributed by atoms with Crippen molar-refractivity contribution in [1.29, 1.82) is 0 Å². The van der Waals surface area contributed by atoms with Gasteiger partial charge >= 0.3 is 0 Å². The van der Waals surface area contributed by atoms with Crippen molar-refractivity contribution in [2.45, 2.75) is 45.1 Å². The van der Waals surface area contributed by atoms with Crippen molar-refractivity contribution in [3.8, 4) is 0 Å². The molecule has 0 N–H and O–H groups in total. The molecule has 1 aliphatic rings. The minimum atomic E-state index is -0.864. The first-order valence-electron chi connectivity index (χ1n) is 5.25. The van der Waals surface area contributed by atoms with Gasteiger partial charge in [0.15, 0.2) is 0 Å². The molecule has 14 heavy (non-hydrogen) atoms. The zero-order chi connectivity index (χ0) is 10.8. The van der Waals surface area contributed by atoms with Crippen LogP contribution in [0.3, 0.4) is 0 Å². The van der Waals surface area contributed by atoms with Gasteiger partial charge in [-0.05, 0) is 18.8 Å². The highest BCUT2D eigenvalue weighted by Gasteiger charge is 2.39. The van der Waals surface area contributed by atoms with Gasteiger partial charge in [-0.25, -0.2) is 0 Å². The Morgan fingerprint density at radius 3 is 2.57 bits per heavy atom. The molecule has 1 fully saturated rings. The number of nitrogens with zero attached hydrogens (tertiary/aromatic N) is 1. The zero-order valence-corrected chi connectivity index (χ0v) is 9.03. The topological polar surface area (TPSA) is 43.1 Å². The first-order chi connectivity index (χ1) is 6.48. The third-order valence-corrected chi connectivity index (χ3v) is 3.25. The first-order valence-corrected chi connectivity index (χ1v) is 5.25. The second-order valence-electron chi connectivity index (χ2n) is 4.77. The first kappa shape index (κ1) is 11.2. The van der Waals surface area contributed by atoms with Crippen molar-refractivity contribution in [3.05, 3.63) is 22.8 Å². The Morgan fingerprint density at radius 1 is 1.64 bits per heavy atom. The van der Waals surface area contributed by atoms with Crippen molar-refractivity contribution in [3.63, 3.8) is 0 Å². The Kier molecular flexibility index (Phi) is 3.29. The lowest BCUT2D eigenvalue weighted by molar-refractivity contribution is -0.568. The average molecular weight is 197 g/mol. The van der Waals surface area contributed by atoms with Crippen LogP contribution in [0.1, 0.15) is 39.5 Å². The van der Waals surface area contributed by atoms with Gasteiger partial charge in [-0.3, -0.25) is 10.1 Å². The van der Waals surface area contributed by atoms with E-state index in [1.807, 2.05) is 0 Å². The Balaban J connectivity index is 2.49. The van der Waals surface area contributed by atoms with Gasteiger partial charge in [0.05, 0.1) is 0 Å². The summed E-state index contributed by atoms with van der Waals surface area (Å²) in [6, 6.07) is 0. The minimum Gasteiger partial charge on any atom is -0.264 e. The Morgan fingerprint density at radius 2 is 2.21 bits per heavy atom. The Hall–Kier alpha value is -0.860. The largest absolute Gasteiger partial charge is 0.264 e. The van der Waals surface area contributed by atoms with E-state index in [0.717, 1.165) is 18.8 Å². The molecule has 0 bridgehead atoms. The minimum absolute atomic E-state index is 0.00176. The monoisotopic (exact) mass is 197 g/mol. The summed E-state index contributed by atoms with van der Waals surface area (Å²) in [4.78, 5) is 10.7. The molecular formula is C11H19NO2. The Labute approximate surface area is 85.3 Å². The van der Waals surface area contributed by atoms with Gasteiger partial charge in [0, 0.05) is 24.7 Å². The molecule has 0 saturated heterocycles. The van der Waals surface area contributed by atoms with Crippen molar-refractivity contribution < 1.29 is 4.92 Å². The van der Waals surface area contributed by atoms with Crippen LogP contribution in [0.4, 0.5) is 0 Å². The normalized spacial score (nSPS) is 19.0. The maximum Gasteiger partial charge on any atom is 0.222 e. The van der Waals surface area contributed by atoms with E-state index in [1.165, 1.54) is 12.8 Å². The molecule has 3 nitrogen and oxygen atoms in total. The average Bonchev–Trinajstić information content (AvgIpc) is 2.88. The Bertz CT molecular complexity index is 231. The van der Waals surface area contributed by atoms with Gasteiger partial charge in [0.2, 0.25) is 5.54 Å². The fourth-order valence-electron chi connectivity index (χ4n) is 1.72. The molecule has 3 heteroatoms. The van der Waals surface area contributed by atoms with Crippen LogP contribution in [-0.4, -0.2) is 10.5 Å². The maximum absolute atomic E-state index is 10.8. The molecule has 1 rings (SSSR count). The van der Waals surface area contributed by atoms with E-state index in [1.54, 1.807) is 19.9 Å². The number of hydrogen-bond donors (Lipinski definition) is 0. The number of rotatable bonds is 6. The third kappa shape index (κ3) is 2.56. The molecule has 1 saturated carbocycles. The second-order valence-corrected chi connectivity index (χ2v) is 4.77. The van der Waals surface area contributed by atoms with Crippen molar-refractivity contribution in [2.24, 2.45) is 11.8 Å². The van der Waals surface area contributed by atoms with Gasteiger partial charge in [-0.1, -0.05) is 18.9 Å². The van der Waals surface area contributed by atoms with E-state index in [9.17, 15) is 10.1 Å². The molecule has 1 aliphatic carbocycles. The summed E-state index contributed by atoms with van der Waals surface area (Å²) in [5.74, 6) is 0.832. The number of nitro groups is 1. The van der Waals surface area contributed by atoms with Crippen molar-refractivity contribution >= 4 is 0 Å². The molecule has 0 aromatic carbocycles. The van der Waals surface area contributed by atoms with Crippen LogP contribution in [0.2, 0.25) is 0 Å². The summed E-state index contributed by atoms with van der Waals surface area (Å²) in [5, 5.41) is 10.8. The highest BCUT2D eigenvalue weighted by Crippen LogP contribution is 2.37. The number of hydrogen-bond acceptors (Lipinski definition) is 2.